The Morgan fingerprint density at radius 2 is 1.79 bits per heavy atom. The van der Waals surface area contributed by atoms with E-state index in [9.17, 15) is 9.18 Å². The molecule has 3 aromatic rings. The maximum absolute atomic E-state index is 13.4. The SMILES string of the molecule is CC(C)(CN1CCC[C@H]1[C@@H](N)c1ccc(C(=O)Nc2ccncc2)cc1)c1ccc(F)cc1. The third kappa shape index (κ3) is 5.46. The Hall–Kier alpha value is -3.09. The van der Waals surface area contributed by atoms with Crippen molar-refractivity contribution in [2.24, 2.45) is 5.73 Å². The van der Waals surface area contributed by atoms with E-state index in [0.29, 0.717) is 11.3 Å². The molecule has 172 valence electrons. The van der Waals surface area contributed by atoms with Crippen LogP contribution >= 0.6 is 0 Å². The van der Waals surface area contributed by atoms with Crippen molar-refractivity contribution in [3.63, 3.8) is 0 Å². The summed E-state index contributed by atoms with van der Waals surface area (Å²) >= 11 is 0. The van der Waals surface area contributed by atoms with E-state index in [2.05, 4.69) is 29.0 Å². The standard InChI is InChI=1S/C27H31FN4O/c1-27(2,21-9-11-22(28)12-10-21)18-32-17-3-4-24(32)25(29)19-5-7-20(8-6-19)26(33)31-23-13-15-30-16-14-23/h5-16,24-25H,3-4,17-18,29H2,1-2H3,(H,30,31,33)/t24-,25-/m0/s1. The summed E-state index contributed by atoms with van der Waals surface area (Å²) in [5.74, 6) is -0.376. The zero-order valence-corrected chi connectivity index (χ0v) is 19.2. The molecule has 2 atom stereocenters. The van der Waals surface area contributed by atoms with Crippen molar-refractivity contribution in [1.29, 1.82) is 0 Å². The molecule has 1 saturated heterocycles. The van der Waals surface area contributed by atoms with Gasteiger partial charge in [-0.15, -0.1) is 0 Å². The summed E-state index contributed by atoms with van der Waals surface area (Å²) < 4.78 is 13.4. The predicted octanol–water partition coefficient (Wildman–Crippen LogP) is 4.92. The van der Waals surface area contributed by atoms with E-state index in [0.717, 1.165) is 37.1 Å². The van der Waals surface area contributed by atoms with Crippen LogP contribution in [-0.2, 0) is 5.41 Å². The van der Waals surface area contributed by atoms with Crippen LogP contribution in [0.5, 0.6) is 0 Å². The van der Waals surface area contributed by atoms with Crippen LogP contribution in [0.25, 0.3) is 0 Å². The van der Waals surface area contributed by atoms with Crippen molar-refractivity contribution in [2.75, 3.05) is 18.4 Å². The van der Waals surface area contributed by atoms with Gasteiger partial charge in [-0.05, 0) is 66.9 Å². The van der Waals surface area contributed by atoms with Gasteiger partial charge in [-0.3, -0.25) is 14.7 Å². The molecule has 3 N–H and O–H groups in total. The molecule has 0 saturated carbocycles. The van der Waals surface area contributed by atoms with Gasteiger partial charge in [-0.2, -0.15) is 0 Å². The van der Waals surface area contributed by atoms with Crippen LogP contribution in [0.4, 0.5) is 10.1 Å². The molecule has 0 spiro atoms. The largest absolute Gasteiger partial charge is 0.323 e. The van der Waals surface area contributed by atoms with Gasteiger partial charge in [-0.1, -0.05) is 38.1 Å². The number of halogens is 1. The summed E-state index contributed by atoms with van der Waals surface area (Å²) in [6.45, 7) is 6.23. The number of likely N-dealkylation sites (tertiary alicyclic amines) is 1. The Labute approximate surface area is 194 Å². The smallest absolute Gasteiger partial charge is 0.255 e. The lowest BCUT2D eigenvalue weighted by molar-refractivity contribution is 0.102. The predicted molar refractivity (Wildman–Crippen MR) is 130 cm³/mol. The molecule has 5 nitrogen and oxygen atoms in total. The van der Waals surface area contributed by atoms with E-state index in [1.54, 1.807) is 24.5 Å². The maximum atomic E-state index is 13.4. The second kappa shape index (κ2) is 9.81. The van der Waals surface area contributed by atoms with Crippen LogP contribution in [0.3, 0.4) is 0 Å². The minimum Gasteiger partial charge on any atom is -0.323 e. The highest BCUT2D eigenvalue weighted by Gasteiger charge is 2.34. The maximum Gasteiger partial charge on any atom is 0.255 e. The number of nitrogens with zero attached hydrogens (tertiary/aromatic N) is 2. The van der Waals surface area contributed by atoms with Crippen molar-refractivity contribution in [1.82, 2.24) is 9.88 Å². The topological polar surface area (TPSA) is 71.2 Å². The molecule has 1 amide bonds. The highest BCUT2D eigenvalue weighted by atomic mass is 19.1. The third-order valence-electron chi connectivity index (χ3n) is 6.55. The van der Waals surface area contributed by atoms with Gasteiger partial charge in [0, 0.05) is 47.7 Å². The van der Waals surface area contributed by atoms with E-state index in [1.165, 1.54) is 12.1 Å². The summed E-state index contributed by atoms with van der Waals surface area (Å²) in [5.41, 5.74) is 10.0. The van der Waals surface area contributed by atoms with Crippen LogP contribution in [0.15, 0.2) is 73.1 Å². The first-order valence-corrected chi connectivity index (χ1v) is 11.4. The highest BCUT2D eigenvalue weighted by molar-refractivity contribution is 6.04. The number of hydrogen-bond acceptors (Lipinski definition) is 4. The first kappa shape index (κ1) is 23.1. The lowest BCUT2D eigenvalue weighted by atomic mass is 9.83. The Morgan fingerprint density at radius 3 is 2.45 bits per heavy atom. The van der Waals surface area contributed by atoms with Crippen molar-refractivity contribution >= 4 is 11.6 Å². The molecule has 1 aliphatic rings. The monoisotopic (exact) mass is 446 g/mol. The molecular formula is C27H31FN4O. The van der Waals surface area contributed by atoms with E-state index in [1.807, 2.05) is 36.4 Å². The summed E-state index contributed by atoms with van der Waals surface area (Å²) in [4.78, 5) is 18.9. The van der Waals surface area contributed by atoms with Gasteiger partial charge in [0.15, 0.2) is 0 Å². The van der Waals surface area contributed by atoms with E-state index in [-0.39, 0.29) is 29.2 Å². The molecule has 4 rings (SSSR count). The van der Waals surface area contributed by atoms with Gasteiger partial charge in [0.1, 0.15) is 5.82 Å². The lowest BCUT2D eigenvalue weighted by Crippen LogP contribution is -2.44. The fourth-order valence-corrected chi connectivity index (χ4v) is 4.67. The van der Waals surface area contributed by atoms with Gasteiger partial charge in [0.2, 0.25) is 0 Å². The first-order chi connectivity index (χ1) is 15.8. The number of nitrogens with one attached hydrogen (secondary N) is 1. The lowest BCUT2D eigenvalue weighted by Gasteiger charge is -2.36. The Morgan fingerprint density at radius 1 is 1.12 bits per heavy atom. The van der Waals surface area contributed by atoms with Gasteiger partial charge >= 0.3 is 0 Å². The number of aromatic nitrogens is 1. The molecule has 0 radical (unpaired) electrons. The third-order valence-corrected chi connectivity index (χ3v) is 6.55. The molecule has 0 unspecified atom stereocenters. The second-order valence-electron chi connectivity index (χ2n) is 9.41. The highest BCUT2D eigenvalue weighted by Crippen LogP contribution is 2.33. The Balaban J connectivity index is 1.42. The molecule has 1 aromatic heterocycles. The fraction of sp³-hybridized carbons (Fsp3) is 0.333. The minimum absolute atomic E-state index is 0.120. The average Bonchev–Trinajstić information content (AvgIpc) is 3.27. The van der Waals surface area contributed by atoms with Crippen molar-refractivity contribution in [3.8, 4) is 0 Å². The Kier molecular flexibility index (Phi) is 6.86. The number of nitrogens with two attached hydrogens (primary N) is 1. The summed E-state index contributed by atoms with van der Waals surface area (Å²) in [5, 5.41) is 2.87. The number of rotatable bonds is 7. The molecule has 2 aromatic carbocycles. The van der Waals surface area contributed by atoms with E-state index in [4.69, 9.17) is 5.73 Å². The van der Waals surface area contributed by atoms with Crippen molar-refractivity contribution < 1.29 is 9.18 Å². The molecular weight excluding hydrogens is 415 g/mol. The molecule has 1 fully saturated rings. The summed E-state index contributed by atoms with van der Waals surface area (Å²) in [6.07, 6.45) is 5.42. The van der Waals surface area contributed by atoms with Crippen LogP contribution in [0, 0.1) is 5.82 Å². The summed E-state index contributed by atoms with van der Waals surface area (Å²) in [6, 6.07) is 17.9. The van der Waals surface area contributed by atoms with Crippen LogP contribution < -0.4 is 11.1 Å². The molecule has 0 bridgehead atoms. The second-order valence-corrected chi connectivity index (χ2v) is 9.41. The van der Waals surface area contributed by atoms with Gasteiger partial charge < -0.3 is 11.1 Å². The number of amides is 1. The molecule has 0 aliphatic carbocycles. The number of carbonyl (C=O) groups is 1. The first-order valence-electron chi connectivity index (χ1n) is 11.4. The van der Waals surface area contributed by atoms with Gasteiger partial charge in [0.05, 0.1) is 0 Å². The van der Waals surface area contributed by atoms with Crippen LogP contribution in [0.1, 0.15) is 54.2 Å². The summed E-state index contributed by atoms with van der Waals surface area (Å²) in [7, 11) is 0. The number of anilines is 1. The molecule has 2 heterocycles. The average molecular weight is 447 g/mol. The van der Waals surface area contributed by atoms with Crippen LogP contribution in [0.2, 0.25) is 0 Å². The zero-order chi connectivity index (χ0) is 23.4. The quantitative estimate of drug-likeness (QED) is 0.541. The molecule has 33 heavy (non-hydrogen) atoms. The zero-order valence-electron chi connectivity index (χ0n) is 19.2. The fourth-order valence-electron chi connectivity index (χ4n) is 4.67. The number of pyridine rings is 1. The molecule has 1 aliphatic heterocycles. The van der Waals surface area contributed by atoms with Crippen LogP contribution in [-0.4, -0.2) is 34.9 Å². The number of hydrogen-bond donors (Lipinski definition) is 2. The van der Waals surface area contributed by atoms with Gasteiger partial charge in [-0.25, -0.2) is 4.39 Å². The minimum atomic E-state index is -0.214. The van der Waals surface area contributed by atoms with Crippen molar-refractivity contribution in [2.45, 2.75) is 44.2 Å². The van der Waals surface area contributed by atoms with E-state index < -0.39 is 0 Å². The number of carbonyl (C=O) groups excluding carboxylic acids is 1. The number of benzene rings is 2. The van der Waals surface area contributed by atoms with E-state index >= 15 is 0 Å². The van der Waals surface area contributed by atoms with Gasteiger partial charge in [0.25, 0.3) is 5.91 Å². The normalized spacial score (nSPS) is 17.6. The molecule has 6 heteroatoms. The Bertz CT molecular complexity index is 1070. The van der Waals surface area contributed by atoms with Crippen molar-refractivity contribution in [3.05, 3.63) is 95.6 Å².